The van der Waals surface area contributed by atoms with E-state index in [1.54, 1.807) is 0 Å². The quantitative estimate of drug-likeness (QED) is 0.894. The van der Waals surface area contributed by atoms with E-state index in [1.165, 1.54) is 0 Å². The van der Waals surface area contributed by atoms with Crippen LogP contribution in [0.5, 0.6) is 0 Å². The predicted molar refractivity (Wildman–Crippen MR) is 76.2 cm³/mol. The molecule has 1 aliphatic heterocycles. The highest BCUT2D eigenvalue weighted by atomic mass is 16.5. The standard InChI is InChI=1S/C15H19N3O2/c1-10-17-13-3-2-11(6-14(13)18-10)8-16-15(19)7-12-4-5-20-9-12/h2-3,6,12H,4-5,7-9H2,1H3,(H,16,19)(H,17,18). The molecule has 20 heavy (non-hydrogen) atoms. The third-order valence-corrected chi connectivity index (χ3v) is 3.65. The first-order chi connectivity index (χ1) is 9.70. The summed E-state index contributed by atoms with van der Waals surface area (Å²) >= 11 is 0. The third kappa shape index (κ3) is 2.99. The first-order valence-corrected chi connectivity index (χ1v) is 7.00. The van der Waals surface area contributed by atoms with Gasteiger partial charge in [0, 0.05) is 26.2 Å². The maximum atomic E-state index is 11.9. The molecule has 2 aromatic rings. The van der Waals surface area contributed by atoms with Gasteiger partial charge in [-0.05, 0) is 37.0 Å². The molecular weight excluding hydrogens is 254 g/mol. The van der Waals surface area contributed by atoms with Crippen LogP contribution >= 0.6 is 0 Å². The van der Waals surface area contributed by atoms with Gasteiger partial charge < -0.3 is 15.0 Å². The van der Waals surface area contributed by atoms with Crippen LogP contribution in [0.1, 0.15) is 24.2 Å². The summed E-state index contributed by atoms with van der Waals surface area (Å²) in [5.41, 5.74) is 3.05. The van der Waals surface area contributed by atoms with Crippen molar-refractivity contribution in [3.63, 3.8) is 0 Å². The number of imidazole rings is 1. The van der Waals surface area contributed by atoms with Crippen LogP contribution in [0.15, 0.2) is 18.2 Å². The predicted octanol–water partition coefficient (Wildman–Crippen LogP) is 1.91. The van der Waals surface area contributed by atoms with Gasteiger partial charge in [0.05, 0.1) is 11.0 Å². The number of nitrogens with one attached hydrogen (secondary N) is 2. The van der Waals surface area contributed by atoms with E-state index in [2.05, 4.69) is 15.3 Å². The van der Waals surface area contributed by atoms with Crippen molar-refractivity contribution < 1.29 is 9.53 Å². The smallest absolute Gasteiger partial charge is 0.220 e. The number of aromatic nitrogens is 2. The molecule has 1 atom stereocenters. The zero-order valence-electron chi connectivity index (χ0n) is 11.6. The van der Waals surface area contributed by atoms with E-state index in [9.17, 15) is 4.79 Å². The summed E-state index contributed by atoms with van der Waals surface area (Å²) in [6.07, 6.45) is 1.55. The van der Waals surface area contributed by atoms with E-state index >= 15 is 0 Å². The zero-order chi connectivity index (χ0) is 13.9. The summed E-state index contributed by atoms with van der Waals surface area (Å²) in [4.78, 5) is 19.4. The average molecular weight is 273 g/mol. The average Bonchev–Trinajstić information content (AvgIpc) is 3.04. The Bertz CT molecular complexity index is 615. The largest absolute Gasteiger partial charge is 0.381 e. The maximum Gasteiger partial charge on any atom is 0.220 e. The molecule has 2 N–H and O–H groups in total. The molecule has 0 radical (unpaired) electrons. The number of carbonyl (C=O) groups is 1. The van der Waals surface area contributed by atoms with Crippen molar-refractivity contribution in [2.45, 2.75) is 26.3 Å². The second-order valence-electron chi connectivity index (χ2n) is 5.38. The zero-order valence-corrected chi connectivity index (χ0v) is 11.6. The molecule has 1 aromatic heterocycles. The molecule has 0 aliphatic carbocycles. The normalized spacial score (nSPS) is 18.6. The van der Waals surface area contributed by atoms with Gasteiger partial charge in [0.2, 0.25) is 5.91 Å². The topological polar surface area (TPSA) is 67.0 Å². The van der Waals surface area contributed by atoms with Gasteiger partial charge in [0.15, 0.2) is 0 Å². The van der Waals surface area contributed by atoms with Crippen LogP contribution in [0.25, 0.3) is 11.0 Å². The minimum absolute atomic E-state index is 0.0985. The Hall–Kier alpha value is -1.88. The van der Waals surface area contributed by atoms with E-state index in [1.807, 2.05) is 25.1 Å². The Morgan fingerprint density at radius 3 is 3.25 bits per heavy atom. The van der Waals surface area contributed by atoms with Crippen LogP contribution in [0.3, 0.4) is 0 Å². The molecule has 106 valence electrons. The number of ether oxygens (including phenoxy) is 1. The number of hydrogen-bond donors (Lipinski definition) is 2. The molecular formula is C15H19N3O2. The van der Waals surface area contributed by atoms with Crippen LogP contribution in [-0.2, 0) is 16.1 Å². The molecule has 0 bridgehead atoms. The molecule has 1 saturated heterocycles. The summed E-state index contributed by atoms with van der Waals surface area (Å²) in [7, 11) is 0. The summed E-state index contributed by atoms with van der Waals surface area (Å²) in [5.74, 6) is 1.39. The van der Waals surface area contributed by atoms with E-state index in [4.69, 9.17) is 4.74 Å². The van der Waals surface area contributed by atoms with Crippen molar-refractivity contribution in [1.82, 2.24) is 15.3 Å². The van der Waals surface area contributed by atoms with Crippen molar-refractivity contribution >= 4 is 16.9 Å². The van der Waals surface area contributed by atoms with Gasteiger partial charge in [-0.2, -0.15) is 0 Å². The minimum Gasteiger partial charge on any atom is -0.381 e. The molecule has 1 unspecified atom stereocenters. The van der Waals surface area contributed by atoms with Crippen LogP contribution < -0.4 is 5.32 Å². The summed E-state index contributed by atoms with van der Waals surface area (Å²) in [5, 5.41) is 2.97. The maximum absolute atomic E-state index is 11.9. The second-order valence-corrected chi connectivity index (χ2v) is 5.38. The Morgan fingerprint density at radius 2 is 2.45 bits per heavy atom. The minimum atomic E-state index is 0.0985. The highest BCUT2D eigenvalue weighted by Gasteiger charge is 2.18. The molecule has 0 spiro atoms. The SMILES string of the molecule is Cc1nc2ccc(CNC(=O)CC3CCOC3)cc2[nH]1. The Kier molecular flexibility index (Phi) is 3.69. The van der Waals surface area contributed by atoms with Crippen LogP contribution in [-0.4, -0.2) is 29.1 Å². The fourth-order valence-electron chi connectivity index (χ4n) is 2.57. The Labute approximate surface area is 117 Å². The molecule has 1 aromatic carbocycles. The number of aromatic amines is 1. The number of aryl methyl sites for hydroxylation is 1. The van der Waals surface area contributed by atoms with Gasteiger partial charge >= 0.3 is 0 Å². The number of nitrogens with zero attached hydrogens (tertiary/aromatic N) is 1. The van der Waals surface area contributed by atoms with Crippen molar-refractivity contribution in [2.75, 3.05) is 13.2 Å². The van der Waals surface area contributed by atoms with Crippen LogP contribution in [0.4, 0.5) is 0 Å². The molecule has 2 heterocycles. The lowest BCUT2D eigenvalue weighted by atomic mass is 10.0. The molecule has 5 nitrogen and oxygen atoms in total. The van der Waals surface area contributed by atoms with Crippen molar-refractivity contribution in [1.29, 1.82) is 0 Å². The lowest BCUT2D eigenvalue weighted by Gasteiger charge is -2.08. The number of fused-ring (bicyclic) bond motifs is 1. The fourth-order valence-corrected chi connectivity index (χ4v) is 2.57. The van der Waals surface area contributed by atoms with E-state index in [0.717, 1.165) is 35.4 Å². The summed E-state index contributed by atoms with van der Waals surface area (Å²) < 4.78 is 5.28. The highest BCUT2D eigenvalue weighted by Crippen LogP contribution is 2.16. The highest BCUT2D eigenvalue weighted by molar-refractivity contribution is 5.77. The number of H-pyrrole nitrogens is 1. The summed E-state index contributed by atoms with van der Waals surface area (Å²) in [6.45, 7) is 3.99. The van der Waals surface area contributed by atoms with Gasteiger partial charge in [-0.25, -0.2) is 4.98 Å². The molecule has 3 rings (SSSR count). The first kappa shape index (κ1) is 13.1. The number of rotatable bonds is 4. The van der Waals surface area contributed by atoms with Gasteiger partial charge in [-0.3, -0.25) is 4.79 Å². The Balaban J connectivity index is 1.57. The third-order valence-electron chi connectivity index (χ3n) is 3.65. The molecule has 1 amide bonds. The first-order valence-electron chi connectivity index (χ1n) is 7.00. The van der Waals surface area contributed by atoms with Crippen molar-refractivity contribution in [3.05, 3.63) is 29.6 Å². The Morgan fingerprint density at radius 1 is 1.55 bits per heavy atom. The molecule has 1 aliphatic rings. The summed E-state index contributed by atoms with van der Waals surface area (Å²) in [6, 6.07) is 6.01. The molecule has 0 saturated carbocycles. The van der Waals surface area contributed by atoms with E-state index in [-0.39, 0.29) is 5.91 Å². The van der Waals surface area contributed by atoms with Gasteiger partial charge in [-0.15, -0.1) is 0 Å². The lowest BCUT2D eigenvalue weighted by molar-refractivity contribution is -0.122. The van der Waals surface area contributed by atoms with E-state index in [0.29, 0.717) is 25.5 Å². The van der Waals surface area contributed by atoms with Crippen molar-refractivity contribution in [2.24, 2.45) is 5.92 Å². The monoisotopic (exact) mass is 273 g/mol. The number of benzene rings is 1. The number of amides is 1. The number of hydrogen-bond acceptors (Lipinski definition) is 3. The van der Waals surface area contributed by atoms with Gasteiger partial charge in [0.1, 0.15) is 5.82 Å². The molecule has 1 fully saturated rings. The van der Waals surface area contributed by atoms with Gasteiger partial charge in [-0.1, -0.05) is 6.07 Å². The van der Waals surface area contributed by atoms with Crippen molar-refractivity contribution in [3.8, 4) is 0 Å². The lowest BCUT2D eigenvalue weighted by Crippen LogP contribution is -2.25. The molecule has 5 heteroatoms. The second kappa shape index (κ2) is 5.63. The van der Waals surface area contributed by atoms with Crippen LogP contribution in [0.2, 0.25) is 0 Å². The fraction of sp³-hybridized carbons (Fsp3) is 0.467. The van der Waals surface area contributed by atoms with E-state index < -0.39 is 0 Å². The van der Waals surface area contributed by atoms with Gasteiger partial charge in [0.25, 0.3) is 0 Å². The van der Waals surface area contributed by atoms with Crippen LogP contribution in [0, 0.1) is 12.8 Å². The number of carbonyl (C=O) groups excluding carboxylic acids is 1.